The number of nitrogens with two attached hydrogens (primary N) is 1. The number of aryl methyl sites for hydroxylation is 1. The number of nitrogen functional groups attached to an aromatic ring is 1. The normalized spacial score (nSPS) is 10.3. The van der Waals surface area contributed by atoms with Crippen LogP contribution in [0.3, 0.4) is 0 Å². The molecular formula is C11H14N6O. The minimum atomic E-state index is -0.397. The molecule has 4 N–H and O–H groups in total. The first-order valence-electron chi connectivity index (χ1n) is 5.64. The third kappa shape index (κ3) is 2.45. The van der Waals surface area contributed by atoms with Gasteiger partial charge in [0.25, 0.3) is 5.91 Å². The number of rotatable bonds is 4. The van der Waals surface area contributed by atoms with E-state index in [1.165, 1.54) is 6.20 Å². The lowest BCUT2D eigenvalue weighted by molar-refractivity contribution is 0.102. The molecular weight excluding hydrogens is 232 g/mol. The minimum Gasteiger partial charge on any atom is -0.395 e. The van der Waals surface area contributed by atoms with Crippen molar-refractivity contribution in [2.24, 2.45) is 0 Å². The minimum absolute atomic E-state index is 0.184. The van der Waals surface area contributed by atoms with Gasteiger partial charge in [-0.25, -0.2) is 0 Å². The lowest BCUT2D eigenvalue weighted by Crippen LogP contribution is -2.15. The molecule has 0 fully saturated rings. The third-order valence-electron chi connectivity index (χ3n) is 2.41. The molecule has 0 spiro atoms. The summed E-state index contributed by atoms with van der Waals surface area (Å²) in [5.41, 5.74) is 7.20. The van der Waals surface area contributed by atoms with Crippen molar-refractivity contribution in [1.82, 2.24) is 20.4 Å². The predicted octanol–water partition coefficient (Wildman–Crippen LogP) is 0.987. The molecule has 0 saturated heterocycles. The Bertz CT molecular complexity index is 536. The van der Waals surface area contributed by atoms with E-state index in [9.17, 15) is 4.79 Å². The second-order valence-electron chi connectivity index (χ2n) is 3.78. The fraction of sp³-hybridized carbons (Fsp3) is 0.273. The van der Waals surface area contributed by atoms with Gasteiger partial charge in [-0.1, -0.05) is 13.3 Å². The summed E-state index contributed by atoms with van der Waals surface area (Å²) in [4.78, 5) is 11.9. The smallest absolute Gasteiger partial charge is 0.279 e. The Hall–Kier alpha value is -2.44. The van der Waals surface area contributed by atoms with Crippen molar-refractivity contribution in [2.45, 2.75) is 19.8 Å². The van der Waals surface area contributed by atoms with E-state index in [0.717, 1.165) is 18.5 Å². The maximum Gasteiger partial charge on any atom is 0.279 e. The molecule has 2 aromatic heterocycles. The highest BCUT2D eigenvalue weighted by molar-refractivity contribution is 6.06. The zero-order chi connectivity index (χ0) is 13.0. The Labute approximate surface area is 104 Å². The molecule has 0 aromatic carbocycles. The van der Waals surface area contributed by atoms with Crippen LogP contribution in [0.1, 0.15) is 29.5 Å². The first-order chi connectivity index (χ1) is 8.72. The van der Waals surface area contributed by atoms with E-state index in [2.05, 4.69) is 25.7 Å². The number of H-pyrrole nitrogens is 1. The van der Waals surface area contributed by atoms with E-state index in [4.69, 9.17) is 5.73 Å². The zero-order valence-electron chi connectivity index (χ0n) is 9.97. The van der Waals surface area contributed by atoms with Gasteiger partial charge in [0.05, 0.1) is 11.4 Å². The van der Waals surface area contributed by atoms with Gasteiger partial charge in [0.1, 0.15) is 0 Å². The van der Waals surface area contributed by atoms with Crippen molar-refractivity contribution in [3.05, 3.63) is 29.7 Å². The molecule has 0 aliphatic carbocycles. The summed E-state index contributed by atoms with van der Waals surface area (Å²) in [5, 5.41) is 16.7. The van der Waals surface area contributed by atoms with Crippen molar-refractivity contribution >= 4 is 17.4 Å². The van der Waals surface area contributed by atoms with Crippen molar-refractivity contribution < 1.29 is 4.79 Å². The number of hydrogen-bond acceptors (Lipinski definition) is 5. The number of anilines is 2. The van der Waals surface area contributed by atoms with Crippen LogP contribution in [0.2, 0.25) is 0 Å². The van der Waals surface area contributed by atoms with Gasteiger partial charge < -0.3 is 11.1 Å². The summed E-state index contributed by atoms with van der Waals surface area (Å²) in [5.74, 6) is -0.0338. The Morgan fingerprint density at radius 2 is 2.39 bits per heavy atom. The van der Waals surface area contributed by atoms with Crippen LogP contribution in [0.4, 0.5) is 11.5 Å². The SMILES string of the molecule is CCCc1[nH]nc(C(=O)Nc2cccnn2)c1N. The van der Waals surface area contributed by atoms with Crippen LogP contribution < -0.4 is 11.1 Å². The summed E-state index contributed by atoms with van der Waals surface area (Å²) in [7, 11) is 0. The number of carbonyl (C=O) groups is 1. The molecule has 1 amide bonds. The molecule has 0 aliphatic heterocycles. The summed E-state index contributed by atoms with van der Waals surface area (Å²) in [6, 6.07) is 3.32. The highest BCUT2D eigenvalue weighted by Gasteiger charge is 2.17. The molecule has 94 valence electrons. The van der Waals surface area contributed by atoms with Crippen LogP contribution >= 0.6 is 0 Å². The van der Waals surface area contributed by atoms with Gasteiger partial charge in [-0.2, -0.15) is 10.2 Å². The number of amides is 1. The molecule has 2 rings (SSSR count). The predicted molar refractivity (Wildman–Crippen MR) is 67.0 cm³/mol. The van der Waals surface area contributed by atoms with E-state index >= 15 is 0 Å². The molecule has 2 heterocycles. The summed E-state index contributed by atoms with van der Waals surface area (Å²) in [6.45, 7) is 2.03. The van der Waals surface area contributed by atoms with Crippen LogP contribution in [-0.4, -0.2) is 26.3 Å². The molecule has 0 radical (unpaired) electrons. The molecule has 0 unspecified atom stereocenters. The number of aromatic amines is 1. The maximum atomic E-state index is 11.9. The second-order valence-corrected chi connectivity index (χ2v) is 3.78. The standard InChI is InChI=1S/C11H14N6O/c1-2-4-7-9(12)10(17-15-7)11(18)14-8-5-3-6-13-16-8/h3,5-6H,2,4,12H2,1H3,(H,15,17)(H,14,16,18). The fourth-order valence-corrected chi connectivity index (χ4v) is 1.54. The molecule has 0 aliphatic rings. The Balaban J connectivity index is 2.14. The fourth-order valence-electron chi connectivity index (χ4n) is 1.54. The number of aromatic nitrogens is 4. The van der Waals surface area contributed by atoms with Gasteiger partial charge in [-0.3, -0.25) is 9.89 Å². The molecule has 7 heteroatoms. The largest absolute Gasteiger partial charge is 0.395 e. The van der Waals surface area contributed by atoms with Crippen LogP contribution in [0.25, 0.3) is 0 Å². The van der Waals surface area contributed by atoms with Crippen molar-refractivity contribution in [3.8, 4) is 0 Å². The Morgan fingerprint density at radius 1 is 1.56 bits per heavy atom. The zero-order valence-corrected chi connectivity index (χ0v) is 9.97. The lowest BCUT2D eigenvalue weighted by atomic mass is 10.2. The van der Waals surface area contributed by atoms with Gasteiger partial charge >= 0.3 is 0 Å². The third-order valence-corrected chi connectivity index (χ3v) is 2.41. The van der Waals surface area contributed by atoms with E-state index in [1.807, 2.05) is 6.92 Å². The molecule has 0 saturated carbocycles. The highest BCUT2D eigenvalue weighted by Crippen LogP contribution is 2.16. The van der Waals surface area contributed by atoms with Gasteiger partial charge in [-0.05, 0) is 18.6 Å². The van der Waals surface area contributed by atoms with Crippen molar-refractivity contribution in [2.75, 3.05) is 11.1 Å². The number of carbonyl (C=O) groups excluding carboxylic acids is 1. The monoisotopic (exact) mass is 246 g/mol. The van der Waals surface area contributed by atoms with E-state index in [0.29, 0.717) is 11.5 Å². The first kappa shape index (κ1) is 12.0. The molecule has 18 heavy (non-hydrogen) atoms. The van der Waals surface area contributed by atoms with Crippen LogP contribution in [0, 0.1) is 0 Å². The Kier molecular flexibility index (Phi) is 3.52. The number of hydrogen-bond donors (Lipinski definition) is 3. The summed E-state index contributed by atoms with van der Waals surface area (Å²) >= 11 is 0. The van der Waals surface area contributed by atoms with Gasteiger partial charge in [0.2, 0.25) is 0 Å². The van der Waals surface area contributed by atoms with Crippen LogP contribution in [0.15, 0.2) is 18.3 Å². The van der Waals surface area contributed by atoms with Gasteiger partial charge in [0, 0.05) is 6.20 Å². The van der Waals surface area contributed by atoms with Gasteiger partial charge in [-0.15, -0.1) is 5.10 Å². The lowest BCUT2D eigenvalue weighted by Gasteiger charge is -2.01. The Morgan fingerprint density at radius 3 is 3.06 bits per heavy atom. The maximum absolute atomic E-state index is 11.9. The quantitative estimate of drug-likeness (QED) is 0.745. The molecule has 0 atom stereocenters. The molecule has 2 aromatic rings. The van der Waals surface area contributed by atoms with Crippen molar-refractivity contribution in [1.29, 1.82) is 0 Å². The first-order valence-corrected chi connectivity index (χ1v) is 5.64. The topological polar surface area (TPSA) is 110 Å². The number of nitrogens with one attached hydrogen (secondary N) is 2. The molecule has 7 nitrogen and oxygen atoms in total. The average molecular weight is 246 g/mol. The highest BCUT2D eigenvalue weighted by atomic mass is 16.2. The summed E-state index contributed by atoms with van der Waals surface area (Å²) < 4.78 is 0. The van der Waals surface area contributed by atoms with E-state index in [-0.39, 0.29) is 5.69 Å². The van der Waals surface area contributed by atoms with E-state index in [1.54, 1.807) is 12.1 Å². The summed E-state index contributed by atoms with van der Waals surface area (Å²) in [6.07, 6.45) is 3.22. The van der Waals surface area contributed by atoms with Crippen LogP contribution in [0.5, 0.6) is 0 Å². The van der Waals surface area contributed by atoms with E-state index < -0.39 is 5.91 Å². The van der Waals surface area contributed by atoms with Crippen molar-refractivity contribution in [3.63, 3.8) is 0 Å². The van der Waals surface area contributed by atoms with Crippen LogP contribution in [-0.2, 0) is 6.42 Å². The van der Waals surface area contributed by atoms with Gasteiger partial charge in [0.15, 0.2) is 11.5 Å². The number of nitrogens with zero attached hydrogens (tertiary/aromatic N) is 3. The average Bonchev–Trinajstić information content (AvgIpc) is 2.73. The molecule has 0 bridgehead atoms. The second kappa shape index (κ2) is 5.26.